The number of carboxylic acid groups (broad SMARTS) is 1. The molecule has 27 heavy (non-hydrogen) atoms. The lowest BCUT2D eigenvalue weighted by Crippen LogP contribution is -2.39. The molecule has 0 aliphatic heterocycles. The van der Waals surface area contributed by atoms with Crippen molar-refractivity contribution in [3.8, 4) is 0 Å². The Labute approximate surface area is 155 Å². The van der Waals surface area contributed by atoms with Crippen LogP contribution in [0, 0.1) is 5.92 Å². The summed E-state index contributed by atoms with van der Waals surface area (Å²) in [5, 5.41) is 11.3. The summed E-state index contributed by atoms with van der Waals surface area (Å²) in [7, 11) is 0. The van der Waals surface area contributed by atoms with Gasteiger partial charge in [0.25, 0.3) is 11.5 Å². The van der Waals surface area contributed by atoms with E-state index in [9.17, 15) is 19.2 Å². The van der Waals surface area contributed by atoms with Crippen LogP contribution in [0.1, 0.15) is 56.6 Å². The third-order valence-electron chi connectivity index (χ3n) is 4.07. The van der Waals surface area contributed by atoms with Crippen LogP contribution < -0.4 is 16.6 Å². The molecule has 0 radical (unpaired) electrons. The fraction of sp³-hybridized carbons (Fsp3) is 0.500. The predicted molar refractivity (Wildman–Crippen MR) is 100 cm³/mol. The van der Waals surface area contributed by atoms with Gasteiger partial charge in [-0.05, 0) is 24.8 Å². The lowest BCUT2D eigenvalue weighted by molar-refractivity contribution is -0.138. The average Bonchev–Trinajstić information content (AvgIpc) is 2.56. The summed E-state index contributed by atoms with van der Waals surface area (Å²) < 4.78 is 1.34. The van der Waals surface area contributed by atoms with Crippen LogP contribution in [0.2, 0.25) is 0 Å². The number of nitrogens with zero attached hydrogens (tertiary/aromatic N) is 2. The van der Waals surface area contributed by atoms with E-state index in [-0.39, 0.29) is 28.4 Å². The van der Waals surface area contributed by atoms with Crippen molar-refractivity contribution in [3.05, 3.63) is 38.2 Å². The Hall–Kier alpha value is -2.97. The number of carboxylic acids is 1. The van der Waals surface area contributed by atoms with E-state index >= 15 is 0 Å². The molecule has 1 unspecified atom stereocenters. The lowest BCUT2D eigenvalue weighted by Gasteiger charge is -2.16. The first-order valence-electron chi connectivity index (χ1n) is 8.74. The molecule has 0 aliphatic rings. The van der Waals surface area contributed by atoms with Gasteiger partial charge in [-0.15, -0.1) is 0 Å². The fourth-order valence-electron chi connectivity index (χ4n) is 2.64. The van der Waals surface area contributed by atoms with Crippen LogP contribution in [-0.2, 0) is 11.3 Å². The molecule has 2 aromatic heterocycles. The monoisotopic (exact) mass is 376 g/mol. The van der Waals surface area contributed by atoms with Crippen LogP contribution >= 0.6 is 0 Å². The molecule has 9 nitrogen and oxygen atoms in total. The molecule has 0 bridgehead atoms. The second-order valence-corrected chi connectivity index (χ2v) is 7.25. The molecule has 3 N–H and O–H groups in total. The van der Waals surface area contributed by atoms with E-state index in [1.165, 1.54) is 17.6 Å². The molecule has 1 atom stereocenters. The topological polar surface area (TPSA) is 134 Å². The Balaban J connectivity index is 2.83. The molecule has 1 amide bonds. The summed E-state index contributed by atoms with van der Waals surface area (Å²) in [5.74, 6) is -1.87. The average molecular weight is 376 g/mol. The SMILES string of the molecule is CC(C)Cn1c(=O)[nH]c(=O)c2c(C(=O)NC(C)C(=O)O)cc(C(C)C)nc21. The molecule has 2 rings (SSSR count). The molecule has 2 aromatic rings. The Morgan fingerprint density at radius 2 is 1.85 bits per heavy atom. The molecule has 0 saturated heterocycles. The van der Waals surface area contributed by atoms with Crippen molar-refractivity contribution in [2.24, 2.45) is 5.92 Å². The highest BCUT2D eigenvalue weighted by molar-refractivity contribution is 6.06. The highest BCUT2D eigenvalue weighted by atomic mass is 16.4. The predicted octanol–water partition coefficient (Wildman–Crippen LogP) is 1.07. The maximum Gasteiger partial charge on any atom is 0.330 e. The van der Waals surface area contributed by atoms with E-state index in [0.717, 1.165) is 0 Å². The third kappa shape index (κ3) is 4.24. The lowest BCUT2D eigenvalue weighted by atomic mass is 10.0. The van der Waals surface area contributed by atoms with Crippen molar-refractivity contribution in [2.45, 2.75) is 53.1 Å². The van der Waals surface area contributed by atoms with Gasteiger partial charge < -0.3 is 10.4 Å². The smallest absolute Gasteiger partial charge is 0.330 e. The first-order valence-corrected chi connectivity index (χ1v) is 8.74. The molecule has 0 fully saturated rings. The van der Waals surface area contributed by atoms with Gasteiger partial charge in [0, 0.05) is 12.2 Å². The fourth-order valence-corrected chi connectivity index (χ4v) is 2.64. The zero-order valence-corrected chi connectivity index (χ0v) is 16.0. The molecule has 0 aliphatic carbocycles. The summed E-state index contributed by atoms with van der Waals surface area (Å²) in [4.78, 5) is 55.2. The van der Waals surface area contributed by atoms with Gasteiger partial charge >= 0.3 is 11.7 Å². The summed E-state index contributed by atoms with van der Waals surface area (Å²) in [6.07, 6.45) is 0. The van der Waals surface area contributed by atoms with Gasteiger partial charge in [0.15, 0.2) is 5.65 Å². The Morgan fingerprint density at radius 1 is 1.22 bits per heavy atom. The third-order valence-corrected chi connectivity index (χ3v) is 4.07. The number of nitrogens with one attached hydrogen (secondary N) is 2. The molecule has 2 heterocycles. The van der Waals surface area contributed by atoms with Crippen molar-refractivity contribution in [1.29, 1.82) is 0 Å². The van der Waals surface area contributed by atoms with Gasteiger partial charge in [0.05, 0.1) is 10.9 Å². The minimum absolute atomic E-state index is 0.00411. The quantitative estimate of drug-likeness (QED) is 0.690. The van der Waals surface area contributed by atoms with Gasteiger partial charge in [-0.1, -0.05) is 27.7 Å². The van der Waals surface area contributed by atoms with E-state index in [2.05, 4.69) is 15.3 Å². The Kier molecular flexibility index (Phi) is 5.82. The number of carbonyl (C=O) groups excluding carboxylic acids is 1. The van der Waals surface area contributed by atoms with Crippen molar-refractivity contribution in [2.75, 3.05) is 0 Å². The number of carbonyl (C=O) groups is 2. The van der Waals surface area contributed by atoms with Gasteiger partial charge in [0.1, 0.15) is 6.04 Å². The van der Waals surface area contributed by atoms with Gasteiger partial charge in [-0.25, -0.2) is 9.78 Å². The maximum atomic E-state index is 12.7. The molecule has 0 aromatic carbocycles. The number of aliphatic carboxylic acids is 1. The zero-order chi connectivity index (χ0) is 20.5. The normalized spacial score (nSPS) is 12.6. The number of rotatable bonds is 6. The van der Waals surface area contributed by atoms with Crippen molar-refractivity contribution >= 4 is 22.9 Å². The second-order valence-electron chi connectivity index (χ2n) is 7.25. The van der Waals surface area contributed by atoms with Crippen molar-refractivity contribution < 1.29 is 14.7 Å². The minimum Gasteiger partial charge on any atom is -0.480 e. The van der Waals surface area contributed by atoms with Crippen LogP contribution in [0.4, 0.5) is 0 Å². The number of pyridine rings is 1. The van der Waals surface area contributed by atoms with Crippen LogP contribution in [0.25, 0.3) is 11.0 Å². The molecular formula is C18H24N4O5. The molecular weight excluding hydrogens is 352 g/mol. The first kappa shape index (κ1) is 20.3. The highest BCUT2D eigenvalue weighted by Crippen LogP contribution is 2.20. The molecule has 146 valence electrons. The van der Waals surface area contributed by atoms with Gasteiger partial charge in [-0.3, -0.25) is 23.9 Å². The van der Waals surface area contributed by atoms with E-state index in [4.69, 9.17) is 5.11 Å². The summed E-state index contributed by atoms with van der Waals surface area (Å²) in [6.45, 7) is 9.20. The van der Waals surface area contributed by atoms with Crippen LogP contribution in [0.5, 0.6) is 0 Å². The van der Waals surface area contributed by atoms with E-state index in [0.29, 0.717) is 12.2 Å². The van der Waals surface area contributed by atoms with E-state index in [1.54, 1.807) is 0 Å². The summed E-state index contributed by atoms with van der Waals surface area (Å²) >= 11 is 0. The standard InChI is InChI=1S/C18H24N4O5/c1-8(2)7-22-14-13(16(24)21-18(22)27)11(6-12(20-14)9(3)4)15(23)19-10(5)17(25)26/h6,8-10H,7H2,1-5H3,(H,19,23)(H,25,26)(H,21,24,27). The molecule has 9 heteroatoms. The number of aromatic nitrogens is 3. The number of H-pyrrole nitrogens is 1. The largest absolute Gasteiger partial charge is 0.480 e. The summed E-state index contributed by atoms with van der Waals surface area (Å²) in [6, 6.07) is 0.333. The molecule has 0 spiro atoms. The van der Waals surface area contributed by atoms with Crippen LogP contribution in [0.15, 0.2) is 15.7 Å². The van der Waals surface area contributed by atoms with E-state index < -0.39 is 29.2 Å². The second kappa shape index (κ2) is 7.73. The number of aromatic amines is 1. The van der Waals surface area contributed by atoms with Crippen molar-refractivity contribution in [3.63, 3.8) is 0 Å². The Morgan fingerprint density at radius 3 is 2.37 bits per heavy atom. The molecule has 0 saturated carbocycles. The Bertz CT molecular complexity index is 1000. The maximum absolute atomic E-state index is 12.7. The highest BCUT2D eigenvalue weighted by Gasteiger charge is 2.23. The van der Waals surface area contributed by atoms with Gasteiger partial charge in [0.2, 0.25) is 0 Å². The number of fused-ring (bicyclic) bond motifs is 1. The summed E-state index contributed by atoms with van der Waals surface area (Å²) in [5.41, 5.74) is -0.684. The van der Waals surface area contributed by atoms with Crippen LogP contribution in [0.3, 0.4) is 0 Å². The number of hydrogen-bond donors (Lipinski definition) is 3. The number of hydrogen-bond acceptors (Lipinski definition) is 5. The van der Waals surface area contributed by atoms with Crippen LogP contribution in [-0.4, -0.2) is 37.6 Å². The first-order chi connectivity index (χ1) is 12.5. The number of amides is 1. The van der Waals surface area contributed by atoms with Gasteiger partial charge in [-0.2, -0.15) is 0 Å². The zero-order valence-electron chi connectivity index (χ0n) is 16.0. The van der Waals surface area contributed by atoms with Crippen molar-refractivity contribution in [1.82, 2.24) is 19.9 Å². The van der Waals surface area contributed by atoms with E-state index in [1.807, 2.05) is 27.7 Å². The minimum atomic E-state index is -1.20.